The molecule has 2 aliphatic rings. The van der Waals surface area contributed by atoms with Crippen molar-refractivity contribution in [3.8, 4) is 11.5 Å². The first-order valence-corrected chi connectivity index (χ1v) is 9.07. The van der Waals surface area contributed by atoms with Crippen LogP contribution in [-0.4, -0.2) is 23.7 Å². The number of fused-ring (bicyclic) bond motifs is 4. The van der Waals surface area contributed by atoms with Crippen LogP contribution in [-0.2, 0) is 11.8 Å². The van der Waals surface area contributed by atoms with Crippen LogP contribution in [0, 0.1) is 0 Å². The van der Waals surface area contributed by atoms with Gasteiger partial charge in [0, 0.05) is 36.2 Å². The highest BCUT2D eigenvalue weighted by atomic mass is 19.4. The lowest BCUT2D eigenvalue weighted by Gasteiger charge is -2.28. The first kappa shape index (κ1) is 17.7. The molecule has 1 spiro atoms. The molecule has 0 radical (unpaired) electrons. The van der Waals surface area contributed by atoms with Gasteiger partial charge >= 0.3 is 6.36 Å². The molecule has 1 aromatic heterocycles. The van der Waals surface area contributed by atoms with Crippen LogP contribution in [0.4, 0.5) is 18.9 Å². The van der Waals surface area contributed by atoms with E-state index in [1.165, 1.54) is 12.1 Å². The Morgan fingerprint density at radius 2 is 1.83 bits per heavy atom. The maximum atomic E-state index is 12.7. The summed E-state index contributed by atoms with van der Waals surface area (Å²) in [6.45, 7) is 0. The average Bonchev–Trinajstić information content (AvgIpc) is 3.21. The number of ether oxygens (including phenoxy) is 2. The number of nitrogens with zero attached hydrogens (tertiary/aromatic N) is 2. The van der Waals surface area contributed by atoms with Gasteiger partial charge in [0.15, 0.2) is 0 Å². The Kier molecular flexibility index (Phi) is 3.87. The molecule has 0 bridgehead atoms. The van der Waals surface area contributed by atoms with Gasteiger partial charge in [-0.3, -0.25) is 9.98 Å². The highest BCUT2D eigenvalue weighted by molar-refractivity contribution is 5.92. The Labute approximate surface area is 164 Å². The van der Waals surface area contributed by atoms with E-state index in [4.69, 9.17) is 4.74 Å². The van der Waals surface area contributed by atoms with Crippen molar-refractivity contribution in [2.75, 3.05) is 0 Å². The Hall–Kier alpha value is -3.35. The number of alkyl halides is 3. The molecule has 2 atom stereocenters. The molecule has 0 saturated carbocycles. The molecule has 146 valence electrons. The van der Waals surface area contributed by atoms with E-state index in [2.05, 4.69) is 14.7 Å². The summed E-state index contributed by atoms with van der Waals surface area (Å²) in [4.78, 5) is 8.95. The summed E-state index contributed by atoms with van der Waals surface area (Å²) in [5.74, 6) is 0.0453. The topological polar surface area (TPSA) is 43.7 Å². The van der Waals surface area contributed by atoms with Crippen LogP contribution in [0.3, 0.4) is 0 Å². The van der Waals surface area contributed by atoms with Gasteiger partial charge in [0.2, 0.25) is 0 Å². The van der Waals surface area contributed by atoms with Crippen LogP contribution in [0.2, 0.25) is 0 Å². The first-order chi connectivity index (χ1) is 14.0. The second-order valence-electron chi connectivity index (χ2n) is 6.98. The van der Waals surface area contributed by atoms with Crippen molar-refractivity contribution in [2.24, 2.45) is 4.99 Å². The highest BCUT2D eigenvalue weighted by Crippen LogP contribution is 2.53. The van der Waals surface area contributed by atoms with Crippen LogP contribution in [0.1, 0.15) is 16.8 Å². The van der Waals surface area contributed by atoms with Gasteiger partial charge in [-0.1, -0.05) is 30.3 Å². The molecule has 3 aromatic rings. The standard InChI is InChI=1S/C22H15F3N2O2/c23-22(24,25)29-15-8-9-17-19(12-15)28-20(11-14-5-3-4-10-26-14)21(17)13-27-18-7-2-1-6-16(18)21/h1-10,12-13,20H,11H2. The van der Waals surface area contributed by atoms with Crippen LogP contribution < -0.4 is 9.47 Å². The largest absolute Gasteiger partial charge is 0.573 e. The zero-order valence-electron chi connectivity index (χ0n) is 15.1. The fraction of sp³-hybridized carbons (Fsp3) is 0.182. The van der Waals surface area contributed by atoms with Crippen LogP contribution in [0.5, 0.6) is 11.5 Å². The van der Waals surface area contributed by atoms with Crippen LogP contribution in [0.25, 0.3) is 0 Å². The molecular weight excluding hydrogens is 381 g/mol. The van der Waals surface area contributed by atoms with E-state index < -0.39 is 17.9 Å². The molecule has 5 rings (SSSR count). The van der Waals surface area contributed by atoms with Crippen molar-refractivity contribution in [1.82, 2.24) is 4.98 Å². The monoisotopic (exact) mass is 396 g/mol. The van der Waals surface area contributed by atoms with E-state index in [-0.39, 0.29) is 5.75 Å². The molecule has 4 nitrogen and oxygen atoms in total. The van der Waals surface area contributed by atoms with E-state index in [9.17, 15) is 13.2 Å². The van der Waals surface area contributed by atoms with Gasteiger partial charge in [-0.25, -0.2) is 0 Å². The van der Waals surface area contributed by atoms with E-state index in [0.717, 1.165) is 22.5 Å². The summed E-state index contributed by atoms with van der Waals surface area (Å²) < 4.78 is 48.2. The van der Waals surface area contributed by atoms with Gasteiger partial charge < -0.3 is 9.47 Å². The summed E-state index contributed by atoms with van der Waals surface area (Å²) >= 11 is 0. The van der Waals surface area contributed by atoms with Crippen molar-refractivity contribution in [1.29, 1.82) is 0 Å². The molecule has 29 heavy (non-hydrogen) atoms. The van der Waals surface area contributed by atoms with Gasteiger partial charge in [-0.15, -0.1) is 13.2 Å². The smallest absolute Gasteiger partial charge is 0.488 e. The van der Waals surface area contributed by atoms with E-state index in [0.29, 0.717) is 12.2 Å². The third kappa shape index (κ3) is 2.93. The molecule has 0 N–H and O–H groups in total. The number of halogens is 3. The maximum Gasteiger partial charge on any atom is 0.573 e. The third-order valence-corrected chi connectivity index (χ3v) is 5.29. The quantitative estimate of drug-likeness (QED) is 0.627. The summed E-state index contributed by atoms with van der Waals surface area (Å²) in [5.41, 5.74) is 2.69. The van der Waals surface area contributed by atoms with Gasteiger partial charge in [0.05, 0.1) is 11.1 Å². The van der Waals surface area contributed by atoms with Crippen molar-refractivity contribution in [3.63, 3.8) is 0 Å². The zero-order chi connectivity index (χ0) is 20.1. The van der Waals surface area contributed by atoms with E-state index >= 15 is 0 Å². The lowest BCUT2D eigenvalue weighted by atomic mass is 9.72. The lowest BCUT2D eigenvalue weighted by molar-refractivity contribution is -0.274. The van der Waals surface area contributed by atoms with Crippen LogP contribution >= 0.6 is 0 Å². The number of pyridine rings is 1. The number of aromatic nitrogens is 1. The Morgan fingerprint density at radius 3 is 2.62 bits per heavy atom. The second kappa shape index (κ2) is 6.34. The minimum atomic E-state index is -4.76. The van der Waals surface area contributed by atoms with Crippen molar-refractivity contribution < 1.29 is 22.6 Å². The average molecular weight is 396 g/mol. The molecule has 2 aromatic carbocycles. The van der Waals surface area contributed by atoms with Gasteiger partial charge in [0.1, 0.15) is 17.6 Å². The number of benzene rings is 2. The van der Waals surface area contributed by atoms with Gasteiger partial charge in [-0.05, 0) is 29.8 Å². The maximum absolute atomic E-state index is 12.7. The SMILES string of the molecule is FC(F)(F)Oc1ccc2c(c1)OC(Cc1ccccn1)C21C=Nc2ccccc21. The molecule has 2 aliphatic heterocycles. The van der Waals surface area contributed by atoms with E-state index in [1.54, 1.807) is 12.3 Å². The highest BCUT2D eigenvalue weighted by Gasteiger charge is 2.52. The summed E-state index contributed by atoms with van der Waals surface area (Å²) in [6, 6.07) is 17.6. The summed E-state index contributed by atoms with van der Waals surface area (Å²) in [7, 11) is 0. The fourth-order valence-corrected chi connectivity index (χ4v) is 4.12. The van der Waals surface area contributed by atoms with Crippen LogP contribution in [0.15, 0.2) is 71.9 Å². The van der Waals surface area contributed by atoms with Gasteiger partial charge in [0.25, 0.3) is 0 Å². The molecular formula is C22H15F3N2O2. The molecule has 0 aliphatic carbocycles. The number of aliphatic imine (C=N–C) groups is 1. The molecule has 0 fully saturated rings. The minimum Gasteiger partial charge on any atom is -0.488 e. The zero-order valence-corrected chi connectivity index (χ0v) is 15.1. The predicted molar refractivity (Wildman–Crippen MR) is 101 cm³/mol. The normalized spacial score (nSPS) is 21.7. The van der Waals surface area contributed by atoms with Crippen molar-refractivity contribution >= 4 is 11.9 Å². The van der Waals surface area contributed by atoms with Crippen molar-refractivity contribution in [2.45, 2.75) is 24.3 Å². The first-order valence-electron chi connectivity index (χ1n) is 9.07. The number of rotatable bonds is 3. The number of hydrogen-bond acceptors (Lipinski definition) is 4. The minimum absolute atomic E-state index is 0.312. The Morgan fingerprint density at radius 1 is 1.00 bits per heavy atom. The third-order valence-electron chi connectivity index (χ3n) is 5.29. The Bertz CT molecular complexity index is 1100. The molecule has 0 saturated heterocycles. The Balaban J connectivity index is 1.62. The van der Waals surface area contributed by atoms with Crippen molar-refractivity contribution in [3.05, 3.63) is 83.7 Å². The molecule has 3 heterocycles. The fourth-order valence-electron chi connectivity index (χ4n) is 4.12. The summed E-state index contributed by atoms with van der Waals surface area (Å²) in [6.07, 6.45) is -1.15. The number of para-hydroxylation sites is 1. The van der Waals surface area contributed by atoms with Gasteiger partial charge in [-0.2, -0.15) is 0 Å². The summed E-state index contributed by atoms with van der Waals surface area (Å²) in [5, 5.41) is 0. The predicted octanol–water partition coefficient (Wildman–Crippen LogP) is 4.99. The lowest BCUT2D eigenvalue weighted by Crippen LogP contribution is -2.40. The molecule has 7 heteroatoms. The number of hydrogen-bond donors (Lipinski definition) is 0. The van der Waals surface area contributed by atoms with E-state index in [1.807, 2.05) is 48.7 Å². The molecule has 2 unspecified atom stereocenters. The molecule has 0 amide bonds. The second-order valence-corrected chi connectivity index (χ2v) is 6.98.